The molecule has 1 aromatic heterocycles. The van der Waals surface area contributed by atoms with E-state index in [2.05, 4.69) is 20.4 Å². The molecule has 0 unspecified atom stereocenters. The fourth-order valence-electron chi connectivity index (χ4n) is 2.17. The van der Waals surface area contributed by atoms with Crippen LogP contribution in [0.25, 0.3) is 11.4 Å². The second-order valence-electron chi connectivity index (χ2n) is 6.98. The zero-order valence-corrected chi connectivity index (χ0v) is 15.9. The summed E-state index contributed by atoms with van der Waals surface area (Å²) < 4.78 is 21.1. The van der Waals surface area contributed by atoms with Gasteiger partial charge in [0.05, 0.1) is 11.6 Å². The molecule has 8 heteroatoms. The van der Waals surface area contributed by atoms with Gasteiger partial charge in [0.1, 0.15) is 11.4 Å². The molecule has 2 rings (SSSR count). The van der Waals surface area contributed by atoms with E-state index >= 15 is 0 Å². The first-order valence-electron chi connectivity index (χ1n) is 8.36. The van der Waals surface area contributed by atoms with Crippen molar-refractivity contribution in [1.29, 1.82) is 0 Å². The predicted octanol–water partition coefficient (Wildman–Crippen LogP) is 4.73. The van der Waals surface area contributed by atoms with Crippen LogP contribution in [0, 0.1) is 5.82 Å². The molecule has 26 heavy (non-hydrogen) atoms. The van der Waals surface area contributed by atoms with Gasteiger partial charge in [-0.2, -0.15) is 4.98 Å². The van der Waals surface area contributed by atoms with Crippen LogP contribution in [0.1, 0.15) is 47.6 Å². The third-order valence-electron chi connectivity index (χ3n) is 3.20. The number of aromatic nitrogens is 3. The lowest BCUT2D eigenvalue weighted by atomic mass is 10.1. The van der Waals surface area contributed by atoms with E-state index in [0.29, 0.717) is 11.6 Å². The van der Waals surface area contributed by atoms with Crippen LogP contribution in [-0.4, -0.2) is 32.7 Å². The van der Waals surface area contributed by atoms with E-state index < -0.39 is 17.5 Å². The van der Waals surface area contributed by atoms with Crippen LogP contribution in [0.5, 0.6) is 0 Å². The van der Waals surface area contributed by atoms with Gasteiger partial charge in [-0.3, -0.25) is 5.32 Å². The van der Waals surface area contributed by atoms with Crippen LogP contribution in [-0.2, 0) is 4.74 Å². The highest BCUT2D eigenvalue weighted by Crippen LogP contribution is 2.27. The van der Waals surface area contributed by atoms with E-state index in [4.69, 9.17) is 4.74 Å². The van der Waals surface area contributed by atoms with Crippen molar-refractivity contribution in [3.05, 3.63) is 24.0 Å². The molecule has 1 heterocycles. The third kappa shape index (κ3) is 4.87. The van der Waals surface area contributed by atoms with Crippen molar-refractivity contribution in [2.45, 2.75) is 53.2 Å². The van der Waals surface area contributed by atoms with Crippen molar-refractivity contribution in [3.63, 3.8) is 0 Å². The third-order valence-corrected chi connectivity index (χ3v) is 3.20. The first-order valence-corrected chi connectivity index (χ1v) is 8.36. The Labute approximate surface area is 152 Å². The number of carbonyl (C=O) groups excluding carboxylic acids is 1. The maximum absolute atomic E-state index is 14.3. The Morgan fingerprint density at radius 3 is 2.65 bits per heavy atom. The van der Waals surface area contributed by atoms with Gasteiger partial charge in [-0.05, 0) is 59.7 Å². The number of nitrogens with one attached hydrogen (secondary N) is 1. The number of rotatable bonds is 4. The second-order valence-corrected chi connectivity index (χ2v) is 6.98. The van der Waals surface area contributed by atoms with E-state index in [-0.39, 0.29) is 17.4 Å². The summed E-state index contributed by atoms with van der Waals surface area (Å²) in [5.41, 5.74) is -0.0694. The molecular weight excluding hydrogens is 337 g/mol. The summed E-state index contributed by atoms with van der Waals surface area (Å²) in [6, 6.07) is 4.19. The fraction of sp³-hybridized carbons (Fsp3) is 0.444. The van der Waals surface area contributed by atoms with Crippen LogP contribution >= 0.6 is 0 Å². The molecule has 0 aliphatic heterocycles. The number of nitrogens with zero attached hydrogens (tertiary/aromatic N) is 4. The Bertz CT molecular complexity index is 821. The van der Waals surface area contributed by atoms with Crippen LogP contribution in [0.2, 0.25) is 0 Å². The van der Waals surface area contributed by atoms with E-state index in [9.17, 15) is 9.18 Å². The highest BCUT2D eigenvalue weighted by molar-refractivity contribution is 5.86. The Morgan fingerprint density at radius 2 is 2.08 bits per heavy atom. The van der Waals surface area contributed by atoms with Gasteiger partial charge >= 0.3 is 6.09 Å². The van der Waals surface area contributed by atoms with Crippen LogP contribution in [0.15, 0.2) is 23.2 Å². The molecule has 7 nitrogen and oxygen atoms in total. The average molecular weight is 361 g/mol. The molecule has 0 saturated heterocycles. The normalized spacial score (nSPS) is 12.0. The number of carbonyl (C=O) groups is 1. The van der Waals surface area contributed by atoms with E-state index in [1.165, 1.54) is 18.2 Å². The first kappa shape index (κ1) is 19.6. The molecule has 1 N–H and O–H groups in total. The molecule has 0 radical (unpaired) electrons. The van der Waals surface area contributed by atoms with E-state index in [0.717, 1.165) is 0 Å². The van der Waals surface area contributed by atoms with Crippen LogP contribution in [0.4, 0.5) is 20.8 Å². The predicted molar refractivity (Wildman–Crippen MR) is 99.5 cm³/mol. The molecule has 0 spiro atoms. The van der Waals surface area contributed by atoms with Gasteiger partial charge in [0.25, 0.3) is 0 Å². The van der Waals surface area contributed by atoms with Crippen LogP contribution < -0.4 is 5.32 Å². The molecule has 0 aliphatic rings. The number of hydrogen-bond acceptors (Lipinski definition) is 5. The van der Waals surface area contributed by atoms with Crippen molar-refractivity contribution < 1.29 is 13.9 Å². The quantitative estimate of drug-likeness (QED) is 0.798. The van der Waals surface area contributed by atoms with Gasteiger partial charge in [0.15, 0.2) is 5.82 Å². The minimum atomic E-state index is -0.627. The molecular formula is C18H24FN5O2. The zero-order chi connectivity index (χ0) is 19.5. The molecule has 0 fully saturated rings. The molecule has 0 aliphatic carbocycles. The summed E-state index contributed by atoms with van der Waals surface area (Å²) in [7, 11) is 0. The highest BCUT2D eigenvalue weighted by Gasteiger charge is 2.19. The Balaban J connectivity index is 2.36. The lowest BCUT2D eigenvalue weighted by Crippen LogP contribution is -2.27. The number of aliphatic imine (C=N–C) groups is 1. The van der Waals surface area contributed by atoms with E-state index in [1.54, 1.807) is 38.6 Å². The monoisotopic (exact) mass is 361 g/mol. The average Bonchev–Trinajstić information content (AvgIpc) is 2.91. The van der Waals surface area contributed by atoms with Gasteiger partial charge in [0, 0.05) is 11.9 Å². The minimum absolute atomic E-state index is 0.0149. The van der Waals surface area contributed by atoms with Crippen LogP contribution in [0.3, 0.4) is 0 Å². The van der Waals surface area contributed by atoms with Gasteiger partial charge in [-0.1, -0.05) is 0 Å². The fourth-order valence-corrected chi connectivity index (χ4v) is 2.17. The Kier molecular flexibility index (Phi) is 5.74. The standard InChI is InChI=1S/C18H24FN5O2/c1-7-20-16-22-15(23-24(16)11(2)3)13-10-12(8-9-14(13)19)21-17(25)26-18(4,5)6/h7-11H,1-6H3,(H,21,25). The maximum Gasteiger partial charge on any atom is 0.412 e. The summed E-state index contributed by atoms with van der Waals surface area (Å²) in [5.74, 6) is 0.0970. The van der Waals surface area contributed by atoms with Crippen molar-refractivity contribution in [3.8, 4) is 11.4 Å². The smallest absolute Gasteiger partial charge is 0.412 e. The molecule has 0 bridgehead atoms. The molecule has 140 valence electrons. The number of benzene rings is 1. The number of ether oxygens (including phenoxy) is 1. The number of hydrogen-bond donors (Lipinski definition) is 1. The SMILES string of the molecule is CC=Nc1nc(-c2cc(NC(=O)OC(C)(C)C)ccc2F)nn1C(C)C. The zero-order valence-electron chi connectivity index (χ0n) is 15.9. The number of halogens is 1. The summed E-state index contributed by atoms with van der Waals surface area (Å²) in [4.78, 5) is 20.4. The molecule has 1 amide bonds. The van der Waals surface area contributed by atoms with Gasteiger partial charge < -0.3 is 4.74 Å². The first-order chi connectivity index (χ1) is 12.1. The van der Waals surface area contributed by atoms with Crippen molar-refractivity contribution in [2.24, 2.45) is 4.99 Å². The molecule has 0 saturated carbocycles. The summed E-state index contributed by atoms with van der Waals surface area (Å²) >= 11 is 0. The lowest BCUT2D eigenvalue weighted by Gasteiger charge is -2.19. The van der Waals surface area contributed by atoms with Crippen molar-refractivity contribution in [1.82, 2.24) is 14.8 Å². The Morgan fingerprint density at radius 1 is 1.38 bits per heavy atom. The maximum atomic E-state index is 14.3. The molecule has 2 aromatic rings. The topological polar surface area (TPSA) is 81.4 Å². The van der Waals surface area contributed by atoms with Gasteiger partial charge in [0.2, 0.25) is 5.95 Å². The second kappa shape index (κ2) is 7.63. The van der Waals surface area contributed by atoms with Crippen molar-refractivity contribution >= 4 is 23.9 Å². The van der Waals surface area contributed by atoms with Gasteiger partial charge in [-0.15, -0.1) is 5.10 Å². The van der Waals surface area contributed by atoms with E-state index in [1.807, 2.05) is 13.8 Å². The number of amides is 1. The van der Waals surface area contributed by atoms with Crippen molar-refractivity contribution in [2.75, 3.05) is 5.32 Å². The molecule has 1 aromatic carbocycles. The Hall–Kier alpha value is -2.77. The molecule has 0 atom stereocenters. The summed E-state index contributed by atoms with van der Waals surface area (Å²) in [5, 5.41) is 6.93. The lowest BCUT2D eigenvalue weighted by molar-refractivity contribution is 0.0636. The highest BCUT2D eigenvalue weighted by atomic mass is 19.1. The largest absolute Gasteiger partial charge is 0.444 e. The summed E-state index contributed by atoms with van der Waals surface area (Å²) in [6.07, 6.45) is 0.982. The minimum Gasteiger partial charge on any atom is -0.444 e. The van der Waals surface area contributed by atoms with Gasteiger partial charge in [-0.25, -0.2) is 18.9 Å². The number of anilines is 1. The summed E-state index contributed by atoms with van der Waals surface area (Å²) in [6.45, 7) is 10.9.